The molecular weight excluding hydrogens is 256 g/mol. The number of hydrogen-bond donors (Lipinski definition) is 1. The molecule has 2 heterocycles. The first-order chi connectivity index (χ1) is 9.74. The highest BCUT2D eigenvalue weighted by molar-refractivity contribution is 6.02. The number of nitrogens with zero attached hydrogens (tertiary/aromatic N) is 1. The summed E-state index contributed by atoms with van der Waals surface area (Å²) in [6, 6.07) is 7.25. The largest absolute Gasteiger partial charge is 0.469 e. The summed E-state index contributed by atoms with van der Waals surface area (Å²) in [5.41, 5.74) is 2.78. The number of furan rings is 1. The second kappa shape index (κ2) is 4.85. The number of aromatic nitrogens is 2. The summed E-state index contributed by atoms with van der Waals surface area (Å²) in [5, 5.41) is 0. The molecule has 0 amide bonds. The van der Waals surface area contributed by atoms with Crippen LogP contribution in [-0.4, -0.2) is 23.0 Å². The Morgan fingerprint density at radius 3 is 3.00 bits per heavy atom. The van der Waals surface area contributed by atoms with E-state index in [9.17, 15) is 4.79 Å². The van der Waals surface area contributed by atoms with E-state index < -0.39 is 5.97 Å². The van der Waals surface area contributed by atoms with E-state index in [0.29, 0.717) is 16.9 Å². The maximum Gasteiger partial charge on any atom is 0.340 e. The summed E-state index contributed by atoms with van der Waals surface area (Å²) in [7, 11) is 1.36. The predicted molar refractivity (Wildman–Crippen MR) is 74.5 cm³/mol. The summed E-state index contributed by atoms with van der Waals surface area (Å²) >= 11 is 0. The Bertz CT molecular complexity index is 770. The second-order valence-electron chi connectivity index (χ2n) is 4.39. The van der Waals surface area contributed by atoms with Crippen LogP contribution in [0.25, 0.3) is 22.4 Å². The van der Waals surface area contributed by atoms with Gasteiger partial charge >= 0.3 is 5.97 Å². The first-order valence-corrected chi connectivity index (χ1v) is 6.38. The monoisotopic (exact) mass is 270 g/mol. The normalized spacial score (nSPS) is 10.9. The minimum absolute atomic E-state index is 0.392. The third-order valence-corrected chi connectivity index (χ3v) is 3.24. The molecule has 2 aromatic heterocycles. The number of hydrogen-bond acceptors (Lipinski definition) is 4. The number of aromatic amines is 1. The number of rotatable bonds is 3. The van der Waals surface area contributed by atoms with Crippen molar-refractivity contribution in [1.82, 2.24) is 9.97 Å². The van der Waals surface area contributed by atoms with E-state index >= 15 is 0 Å². The molecule has 3 rings (SSSR count). The molecule has 0 aliphatic carbocycles. The number of esters is 1. The molecule has 0 saturated carbocycles. The van der Waals surface area contributed by atoms with E-state index in [-0.39, 0.29) is 0 Å². The number of H-pyrrole nitrogens is 1. The van der Waals surface area contributed by atoms with Crippen molar-refractivity contribution in [1.29, 1.82) is 0 Å². The van der Waals surface area contributed by atoms with Crippen LogP contribution in [0, 0.1) is 0 Å². The van der Waals surface area contributed by atoms with E-state index in [1.165, 1.54) is 7.11 Å². The summed E-state index contributed by atoms with van der Waals surface area (Å²) in [6.45, 7) is 2.02. The molecule has 0 fully saturated rings. The Hall–Kier alpha value is -2.56. The number of carbonyl (C=O) groups excluding carboxylic acids is 1. The summed E-state index contributed by atoms with van der Waals surface area (Å²) in [6.07, 6.45) is 2.42. The van der Waals surface area contributed by atoms with Crippen molar-refractivity contribution in [3.05, 3.63) is 41.9 Å². The molecule has 0 aliphatic heterocycles. The van der Waals surface area contributed by atoms with Crippen LogP contribution in [0.4, 0.5) is 0 Å². The molecule has 0 aliphatic rings. The quantitative estimate of drug-likeness (QED) is 0.742. The first kappa shape index (κ1) is 12.5. The van der Waals surface area contributed by atoms with Gasteiger partial charge in [-0.25, -0.2) is 9.78 Å². The standard InChI is InChI=1S/C15H14N2O3/c1-3-12-9(7-8-20-12)14-16-11-6-4-5-10(13(11)17-14)15(18)19-2/h4-8H,3H2,1-2H3,(H,16,17). The van der Waals surface area contributed by atoms with E-state index in [1.807, 2.05) is 19.1 Å². The average Bonchev–Trinajstić information content (AvgIpc) is 3.10. The molecule has 0 spiro atoms. The predicted octanol–water partition coefficient (Wildman–Crippen LogP) is 3.17. The lowest BCUT2D eigenvalue weighted by molar-refractivity contribution is 0.0603. The Morgan fingerprint density at radius 1 is 1.40 bits per heavy atom. The van der Waals surface area contributed by atoms with Gasteiger partial charge in [-0.1, -0.05) is 13.0 Å². The van der Waals surface area contributed by atoms with Gasteiger partial charge in [0.05, 0.1) is 30.0 Å². The number of nitrogens with one attached hydrogen (secondary N) is 1. The highest BCUT2D eigenvalue weighted by Crippen LogP contribution is 2.26. The number of imidazole rings is 1. The summed E-state index contributed by atoms with van der Waals surface area (Å²) in [4.78, 5) is 19.5. The molecule has 0 atom stereocenters. The van der Waals surface area contributed by atoms with Gasteiger partial charge in [0.2, 0.25) is 0 Å². The fraction of sp³-hybridized carbons (Fsp3) is 0.200. The SMILES string of the molecule is CCc1occc1-c1nc2c(C(=O)OC)cccc2[nH]1. The molecule has 5 heteroatoms. The smallest absolute Gasteiger partial charge is 0.340 e. The number of carbonyl (C=O) groups is 1. The molecule has 102 valence electrons. The maximum atomic E-state index is 11.8. The molecule has 0 bridgehead atoms. The van der Waals surface area contributed by atoms with Crippen LogP contribution in [0.1, 0.15) is 23.0 Å². The van der Waals surface area contributed by atoms with Gasteiger partial charge in [-0.2, -0.15) is 0 Å². The topological polar surface area (TPSA) is 68.1 Å². The van der Waals surface area contributed by atoms with Gasteiger partial charge in [0, 0.05) is 6.42 Å². The number of benzene rings is 1. The van der Waals surface area contributed by atoms with E-state index in [4.69, 9.17) is 9.15 Å². The molecule has 0 radical (unpaired) electrons. The molecule has 5 nitrogen and oxygen atoms in total. The van der Waals surface area contributed by atoms with Crippen molar-refractivity contribution < 1.29 is 13.9 Å². The molecule has 0 unspecified atom stereocenters. The third kappa shape index (κ3) is 1.87. The number of aryl methyl sites for hydroxylation is 1. The Morgan fingerprint density at radius 2 is 2.25 bits per heavy atom. The zero-order valence-electron chi connectivity index (χ0n) is 11.3. The van der Waals surface area contributed by atoms with Crippen molar-refractivity contribution in [2.45, 2.75) is 13.3 Å². The minimum Gasteiger partial charge on any atom is -0.469 e. The first-order valence-electron chi connectivity index (χ1n) is 6.38. The zero-order valence-corrected chi connectivity index (χ0v) is 11.3. The van der Waals surface area contributed by atoms with Crippen LogP contribution in [0.5, 0.6) is 0 Å². The van der Waals surface area contributed by atoms with Crippen LogP contribution >= 0.6 is 0 Å². The number of fused-ring (bicyclic) bond motifs is 1. The number of para-hydroxylation sites is 1. The molecule has 0 saturated heterocycles. The van der Waals surface area contributed by atoms with Crippen LogP contribution in [0.15, 0.2) is 34.9 Å². The lowest BCUT2D eigenvalue weighted by Gasteiger charge is -1.98. The molecular formula is C15H14N2O3. The van der Waals surface area contributed by atoms with Gasteiger partial charge in [-0.05, 0) is 18.2 Å². The van der Waals surface area contributed by atoms with Crippen LogP contribution in [0.2, 0.25) is 0 Å². The van der Waals surface area contributed by atoms with Gasteiger partial charge in [0.25, 0.3) is 0 Å². The van der Waals surface area contributed by atoms with Crippen LogP contribution in [0.3, 0.4) is 0 Å². The van der Waals surface area contributed by atoms with Gasteiger partial charge in [-0.3, -0.25) is 0 Å². The third-order valence-electron chi connectivity index (χ3n) is 3.24. The lowest BCUT2D eigenvalue weighted by atomic mass is 10.2. The van der Waals surface area contributed by atoms with E-state index in [1.54, 1.807) is 18.4 Å². The average molecular weight is 270 g/mol. The fourth-order valence-corrected chi connectivity index (χ4v) is 2.26. The van der Waals surface area contributed by atoms with Crippen molar-refractivity contribution in [3.8, 4) is 11.4 Å². The maximum absolute atomic E-state index is 11.8. The van der Waals surface area contributed by atoms with Crippen molar-refractivity contribution in [3.63, 3.8) is 0 Å². The van der Waals surface area contributed by atoms with Crippen LogP contribution in [-0.2, 0) is 11.2 Å². The number of ether oxygens (including phenoxy) is 1. The Labute approximate surface area is 115 Å². The van der Waals surface area contributed by atoms with Gasteiger partial charge in [0.15, 0.2) is 0 Å². The lowest BCUT2D eigenvalue weighted by Crippen LogP contribution is -2.01. The zero-order chi connectivity index (χ0) is 14.1. The second-order valence-corrected chi connectivity index (χ2v) is 4.39. The van der Waals surface area contributed by atoms with E-state index in [0.717, 1.165) is 23.3 Å². The van der Waals surface area contributed by atoms with Crippen molar-refractivity contribution >= 4 is 17.0 Å². The van der Waals surface area contributed by atoms with Crippen molar-refractivity contribution in [2.75, 3.05) is 7.11 Å². The molecule has 20 heavy (non-hydrogen) atoms. The molecule has 1 N–H and O–H groups in total. The Kier molecular flexibility index (Phi) is 3.02. The molecule has 1 aromatic carbocycles. The summed E-state index contributed by atoms with van der Waals surface area (Å²) < 4.78 is 10.2. The van der Waals surface area contributed by atoms with Gasteiger partial charge in [-0.15, -0.1) is 0 Å². The van der Waals surface area contributed by atoms with Gasteiger partial charge in [0.1, 0.15) is 17.1 Å². The van der Waals surface area contributed by atoms with Gasteiger partial charge < -0.3 is 14.1 Å². The highest BCUT2D eigenvalue weighted by Gasteiger charge is 2.16. The minimum atomic E-state index is -0.392. The number of methoxy groups -OCH3 is 1. The molecule has 3 aromatic rings. The highest BCUT2D eigenvalue weighted by atomic mass is 16.5. The van der Waals surface area contributed by atoms with E-state index in [2.05, 4.69) is 9.97 Å². The van der Waals surface area contributed by atoms with Crippen LogP contribution < -0.4 is 0 Å². The Balaban J connectivity index is 2.18. The summed E-state index contributed by atoms with van der Waals surface area (Å²) in [5.74, 6) is 1.17. The fourth-order valence-electron chi connectivity index (χ4n) is 2.26. The van der Waals surface area contributed by atoms with Crippen molar-refractivity contribution in [2.24, 2.45) is 0 Å².